The van der Waals surface area contributed by atoms with Crippen LogP contribution in [0.25, 0.3) is 0 Å². The van der Waals surface area contributed by atoms with E-state index in [9.17, 15) is 16.8 Å². The molecule has 2 N–H and O–H groups in total. The lowest BCUT2D eigenvalue weighted by Gasteiger charge is -2.20. The Hall–Kier alpha value is -1.42. The second-order valence-electron chi connectivity index (χ2n) is 4.93. The van der Waals surface area contributed by atoms with Crippen molar-refractivity contribution in [1.82, 2.24) is 0 Å². The van der Waals surface area contributed by atoms with Crippen molar-refractivity contribution in [3.05, 3.63) is 52.5 Å². The van der Waals surface area contributed by atoms with Gasteiger partial charge in [0.15, 0.2) is 0 Å². The largest absolute Gasteiger partial charge is 0.269 e. The van der Waals surface area contributed by atoms with Crippen LogP contribution in [0.1, 0.15) is 5.56 Å². The molecule has 2 aromatic carbocycles. The van der Waals surface area contributed by atoms with Gasteiger partial charge >= 0.3 is 0 Å². The first-order chi connectivity index (χ1) is 10.5. The lowest BCUT2D eigenvalue weighted by Crippen LogP contribution is -2.27. The molecule has 0 unspecified atom stereocenters. The molecule has 23 heavy (non-hydrogen) atoms. The maximum atomic E-state index is 12.7. The molecule has 2 rings (SSSR count). The van der Waals surface area contributed by atoms with E-state index in [1.807, 2.05) is 6.92 Å². The van der Waals surface area contributed by atoms with Crippen LogP contribution in [0.3, 0.4) is 0 Å². The van der Waals surface area contributed by atoms with Gasteiger partial charge in [-0.05, 0) is 48.9 Å². The summed E-state index contributed by atoms with van der Waals surface area (Å²) in [6.45, 7) is 1.84. The number of hydrogen-bond donors (Lipinski definition) is 1. The summed E-state index contributed by atoms with van der Waals surface area (Å²) in [6.07, 6.45) is 0. The van der Waals surface area contributed by atoms with E-state index in [1.54, 1.807) is 18.2 Å². The number of rotatable bonds is 4. The molecule has 0 fully saturated rings. The van der Waals surface area contributed by atoms with E-state index < -0.39 is 20.0 Å². The molecule has 0 aromatic heterocycles. The smallest absolute Gasteiger partial charge is 0.264 e. The molecular formula is C14H15BrN2O4S2. The summed E-state index contributed by atoms with van der Waals surface area (Å²) in [5.74, 6) is 0. The Labute approximate surface area is 144 Å². The highest BCUT2D eigenvalue weighted by Crippen LogP contribution is 2.27. The number of nitrogens with zero attached hydrogens (tertiary/aromatic N) is 1. The van der Waals surface area contributed by atoms with Gasteiger partial charge in [-0.3, -0.25) is 4.31 Å². The molecular weight excluding hydrogens is 404 g/mol. The monoisotopic (exact) mass is 418 g/mol. The first-order valence-corrected chi connectivity index (χ1v) is 10.2. The minimum absolute atomic E-state index is 0.146. The molecule has 0 radical (unpaired) electrons. The highest BCUT2D eigenvalue weighted by atomic mass is 79.9. The number of anilines is 1. The molecule has 0 bridgehead atoms. The van der Waals surface area contributed by atoms with Gasteiger partial charge in [0.1, 0.15) is 0 Å². The standard InChI is InChI=1S/C14H15BrN2O4S2/c1-10-8-11(6-7-14(10)15)17(2)23(20,21)13-5-3-4-12(9-13)22(16,18)19/h3-9H,1-2H3,(H2,16,18,19). The van der Waals surface area contributed by atoms with Crippen molar-refractivity contribution in [2.75, 3.05) is 11.4 Å². The van der Waals surface area contributed by atoms with Crippen molar-refractivity contribution in [3.63, 3.8) is 0 Å². The molecule has 0 aliphatic heterocycles. The van der Waals surface area contributed by atoms with Gasteiger partial charge in [-0.15, -0.1) is 0 Å². The Morgan fingerprint density at radius 1 is 1.00 bits per heavy atom. The minimum Gasteiger partial charge on any atom is -0.269 e. The normalized spacial score (nSPS) is 12.2. The molecule has 0 heterocycles. The van der Waals surface area contributed by atoms with Crippen LogP contribution in [0.5, 0.6) is 0 Å². The fourth-order valence-electron chi connectivity index (χ4n) is 1.93. The Kier molecular flexibility index (Phi) is 4.86. The Bertz CT molecular complexity index is 956. The van der Waals surface area contributed by atoms with Gasteiger partial charge in [-0.25, -0.2) is 22.0 Å². The molecule has 0 atom stereocenters. The second-order valence-corrected chi connectivity index (χ2v) is 9.31. The molecule has 0 aliphatic rings. The zero-order valence-corrected chi connectivity index (χ0v) is 15.6. The molecule has 0 saturated heterocycles. The van der Waals surface area contributed by atoms with E-state index in [2.05, 4.69) is 15.9 Å². The van der Waals surface area contributed by atoms with Gasteiger partial charge in [0.05, 0.1) is 15.5 Å². The summed E-state index contributed by atoms with van der Waals surface area (Å²) in [7, 11) is -6.48. The zero-order chi connectivity index (χ0) is 17.4. The van der Waals surface area contributed by atoms with Crippen LogP contribution < -0.4 is 9.44 Å². The van der Waals surface area contributed by atoms with Crippen LogP contribution >= 0.6 is 15.9 Å². The zero-order valence-electron chi connectivity index (χ0n) is 12.4. The van der Waals surface area contributed by atoms with Crippen molar-refractivity contribution >= 4 is 41.7 Å². The maximum absolute atomic E-state index is 12.7. The van der Waals surface area contributed by atoms with Gasteiger partial charge < -0.3 is 0 Å². The quantitative estimate of drug-likeness (QED) is 0.822. The van der Waals surface area contributed by atoms with Gasteiger partial charge in [0.25, 0.3) is 10.0 Å². The van der Waals surface area contributed by atoms with Gasteiger partial charge in [0.2, 0.25) is 10.0 Å². The Morgan fingerprint density at radius 2 is 1.61 bits per heavy atom. The fraction of sp³-hybridized carbons (Fsp3) is 0.143. The Morgan fingerprint density at radius 3 is 2.17 bits per heavy atom. The van der Waals surface area contributed by atoms with Crippen molar-refractivity contribution in [1.29, 1.82) is 0 Å². The summed E-state index contributed by atoms with van der Waals surface area (Å²) in [6, 6.07) is 10.1. The van der Waals surface area contributed by atoms with Crippen LogP contribution in [0.4, 0.5) is 5.69 Å². The average Bonchev–Trinajstić information content (AvgIpc) is 2.48. The van der Waals surface area contributed by atoms with Crippen LogP contribution in [-0.4, -0.2) is 23.9 Å². The summed E-state index contributed by atoms with van der Waals surface area (Å²) in [4.78, 5) is -0.397. The highest BCUT2D eigenvalue weighted by molar-refractivity contribution is 9.10. The van der Waals surface area contributed by atoms with E-state index >= 15 is 0 Å². The summed E-state index contributed by atoms with van der Waals surface area (Å²) < 4.78 is 50.1. The number of halogens is 1. The van der Waals surface area contributed by atoms with E-state index in [-0.39, 0.29) is 9.79 Å². The number of primary sulfonamides is 1. The lowest BCUT2D eigenvalue weighted by molar-refractivity contribution is 0.593. The molecule has 0 amide bonds. The third-order valence-electron chi connectivity index (χ3n) is 3.30. The molecule has 0 spiro atoms. The number of nitrogens with two attached hydrogens (primary N) is 1. The predicted octanol–water partition coefficient (Wildman–Crippen LogP) is 2.23. The van der Waals surface area contributed by atoms with Crippen molar-refractivity contribution in [3.8, 4) is 0 Å². The first kappa shape index (κ1) is 17.9. The van der Waals surface area contributed by atoms with Crippen molar-refractivity contribution < 1.29 is 16.8 Å². The molecule has 124 valence electrons. The molecule has 2 aromatic rings. The second kappa shape index (κ2) is 6.23. The number of aryl methyl sites for hydroxylation is 1. The maximum Gasteiger partial charge on any atom is 0.264 e. The van der Waals surface area contributed by atoms with Crippen LogP contribution in [0.2, 0.25) is 0 Å². The van der Waals surface area contributed by atoms with Crippen LogP contribution in [0, 0.1) is 6.92 Å². The predicted molar refractivity (Wildman–Crippen MR) is 92.3 cm³/mol. The lowest BCUT2D eigenvalue weighted by atomic mass is 10.2. The van der Waals surface area contributed by atoms with E-state index in [1.165, 1.54) is 25.2 Å². The fourth-order valence-corrected chi connectivity index (χ4v) is 4.05. The summed E-state index contributed by atoms with van der Waals surface area (Å²) in [5, 5.41) is 5.05. The summed E-state index contributed by atoms with van der Waals surface area (Å²) in [5.41, 5.74) is 1.34. The molecule has 0 aliphatic carbocycles. The Balaban J connectivity index is 2.51. The van der Waals surface area contributed by atoms with Crippen LogP contribution in [-0.2, 0) is 20.0 Å². The van der Waals surface area contributed by atoms with Gasteiger partial charge in [-0.2, -0.15) is 0 Å². The average molecular weight is 419 g/mol. The first-order valence-electron chi connectivity index (χ1n) is 6.41. The van der Waals surface area contributed by atoms with Gasteiger partial charge in [0, 0.05) is 11.5 Å². The third-order valence-corrected chi connectivity index (χ3v) is 6.88. The number of sulfonamides is 2. The molecule has 0 saturated carbocycles. The molecule has 9 heteroatoms. The van der Waals surface area contributed by atoms with E-state index in [0.717, 1.165) is 20.4 Å². The molecule has 6 nitrogen and oxygen atoms in total. The number of hydrogen-bond acceptors (Lipinski definition) is 4. The third kappa shape index (κ3) is 3.74. The number of benzene rings is 2. The highest BCUT2D eigenvalue weighted by Gasteiger charge is 2.23. The summed E-state index contributed by atoms with van der Waals surface area (Å²) >= 11 is 3.36. The topological polar surface area (TPSA) is 97.5 Å². The SMILES string of the molecule is Cc1cc(N(C)S(=O)(=O)c2cccc(S(N)(=O)=O)c2)ccc1Br. The van der Waals surface area contributed by atoms with E-state index in [0.29, 0.717) is 5.69 Å². The van der Waals surface area contributed by atoms with E-state index in [4.69, 9.17) is 5.14 Å². The van der Waals surface area contributed by atoms with Crippen molar-refractivity contribution in [2.24, 2.45) is 5.14 Å². The van der Waals surface area contributed by atoms with Crippen LogP contribution in [0.15, 0.2) is 56.7 Å². The minimum atomic E-state index is -3.98. The van der Waals surface area contributed by atoms with Gasteiger partial charge in [-0.1, -0.05) is 22.0 Å². The van der Waals surface area contributed by atoms with Crippen molar-refractivity contribution in [2.45, 2.75) is 16.7 Å².